The summed E-state index contributed by atoms with van der Waals surface area (Å²) in [5.41, 5.74) is 2.23. The van der Waals surface area contributed by atoms with E-state index < -0.39 is 10.0 Å². The fraction of sp³-hybridized carbons (Fsp3) is 0.200. The van der Waals surface area contributed by atoms with Crippen LogP contribution in [0.1, 0.15) is 11.1 Å². The molecule has 2 aromatic rings. The van der Waals surface area contributed by atoms with Crippen LogP contribution in [0.5, 0.6) is 5.75 Å². The van der Waals surface area contributed by atoms with Crippen molar-refractivity contribution in [1.82, 2.24) is 0 Å². The molecule has 0 N–H and O–H groups in total. The van der Waals surface area contributed by atoms with Crippen LogP contribution in [0.3, 0.4) is 0 Å². The van der Waals surface area contributed by atoms with Crippen LogP contribution >= 0.6 is 0 Å². The van der Waals surface area contributed by atoms with Crippen LogP contribution in [0.2, 0.25) is 0 Å². The highest BCUT2D eigenvalue weighted by Gasteiger charge is 2.13. The first kappa shape index (κ1) is 15.2. The van der Waals surface area contributed by atoms with Crippen molar-refractivity contribution < 1.29 is 13.2 Å². The standard InChI is InChI=1S/C15H16N2O3S/c1-11-9-12(2)15(20-3)14(10-11)16-17-21(18,19)13-7-5-4-6-8-13/h4-10H,1-3H3. The quantitative estimate of drug-likeness (QED) is 0.807. The van der Waals surface area contributed by atoms with Gasteiger partial charge in [-0.2, -0.15) is 8.42 Å². The summed E-state index contributed by atoms with van der Waals surface area (Å²) in [6, 6.07) is 11.6. The molecule has 0 atom stereocenters. The van der Waals surface area contributed by atoms with E-state index in [9.17, 15) is 8.42 Å². The lowest BCUT2D eigenvalue weighted by molar-refractivity contribution is 0.412. The molecule has 0 aliphatic carbocycles. The van der Waals surface area contributed by atoms with Gasteiger partial charge in [-0.1, -0.05) is 28.8 Å². The maximum Gasteiger partial charge on any atom is 0.299 e. The van der Waals surface area contributed by atoms with Gasteiger partial charge in [0.1, 0.15) is 11.4 Å². The second-order valence-electron chi connectivity index (χ2n) is 4.60. The normalized spacial score (nSPS) is 11.8. The van der Waals surface area contributed by atoms with Gasteiger partial charge in [-0.3, -0.25) is 0 Å². The first-order valence-electron chi connectivity index (χ1n) is 6.32. The zero-order chi connectivity index (χ0) is 15.5. The minimum atomic E-state index is -3.81. The lowest BCUT2D eigenvalue weighted by atomic mass is 10.1. The summed E-state index contributed by atoms with van der Waals surface area (Å²) in [6.45, 7) is 3.77. The van der Waals surface area contributed by atoms with E-state index in [1.54, 1.807) is 24.3 Å². The zero-order valence-corrected chi connectivity index (χ0v) is 12.9. The molecule has 5 nitrogen and oxygen atoms in total. The Morgan fingerprint density at radius 2 is 1.71 bits per heavy atom. The van der Waals surface area contributed by atoms with Gasteiger partial charge in [0.2, 0.25) is 0 Å². The Balaban J connectivity index is 2.43. The highest BCUT2D eigenvalue weighted by Crippen LogP contribution is 2.33. The van der Waals surface area contributed by atoms with Gasteiger partial charge in [0.05, 0.1) is 12.0 Å². The van der Waals surface area contributed by atoms with Crippen LogP contribution in [0.4, 0.5) is 5.69 Å². The highest BCUT2D eigenvalue weighted by atomic mass is 32.2. The molecule has 0 heterocycles. The van der Waals surface area contributed by atoms with E-state index in [4.69, 9.17) is 4.74 Å². The van der Waals surface area contributed by atoms with Crippen LogP contribution in [0.25, 0.3) is 0 Å². The highest BCUT2D eigenvalue weighted by molar-refractivity contribution is 7.90. The first-order valence-corrected chi connectivity index (χ1v) is 7.76. The Kier molecular flexibility index (Phi) is 4.37. The maximum absolute atomic E-state index is 12.1. The Labute approximate surface area is 124 Å². The minimum Gasteiger partial charge on any atom is -0.494 e. The summed E-state index contributed by atoms with van der Waals surface area (Å²) in [4.78, 5) is 0.108. The molecule has 6 heteroatoms. The molecule has 110 valence electrons. The average Bonchev–Trinajstić information content (AvgIpc) is 2.46. The van der Waals surface area contributed by atoms with Gasteiger partial charge in [0, 0.05) is 0 Å². The summed E-state index contributed by atoms with van der Waals surface area (Å²) in [7, 11) is -2.29. The summed E-state index contributed by atoms with van der Waals surface area (Å²) in [5.74, 6) is 0.521. The van der Waals surface area contributed by atoms with Crippen molar-refractivity contribution in [3.8, 4) is 5.75 Å². The van der Waals surface area contributed by atoms with E-state index in [1.165, 1.54) is 19.2 Å². The number of sulfonamides is 1. The zero-order valence-electron chi connectivity index (χ0n) is 12.1. The van der Waals surface area contributed by atoms with Gasteiger partial charge in [-0.05, 0) is 43.2 Å². The van der Waals surface area contributed by atoms with Gasteiger partial charge in [0.25, 0.3) is 10.0 Å². The maximum atomic E-state index is 12.1. The molecule has 0 saturated carbocycles. The molecular formula is C15H16N2O3S. The third-order valence-corrected chi connectivity index (χ3v) is 4.07. The molecule has 0 bridgehead atoms. The van der Waals surface area contributed by atoms with Crippen LogP contribution in [-0.2, 0) is 10.0 Å². The number of nitrogens with zero attached hydrogens (tertiary/aromatic N) is 2. The number of rotatable bonds is 4. The summed E-state index contributed by atoms with van der Waals surface area (Å²) >= 11 is 0. The monoisotopic (exact) mass is 304 g/mol. The Morgan fingerprint density at radius 3 is 2.33 bits per heavy atom. The average molecular weight is 304 g/mol. The minimum absolute atomic E-state index is 0.108. The van der Waals surface area contributed by atoms with Crippen molar-refractivity contribution in [2.45, 2.75) is 18.7 Å². The van der Waals surface area contributed by atoms with Crippen molar-refractivity contribution in [3.63, 3.8) is 0 Å². The van der Waals surface area contributed by atoms with Gasteiger partial charge in [-0.15, -0.1) is 5.11 Å². The van der Waals surface area contributed by atoms with Gasteiger partial charge in [-0.25, -0.2) is 0 Å². The Hall–Kier alpha value is -2.21. The Bertz CT molecular complexity index is 769. The van der Waals surface area contributed by atoms with Crippen molar-refractivity contribution in [2.24, 2.45) is 9.63 Å². The van der Waals surface area contributed by atoms with E-state index in [0.717, 1.165) is 11.1 Å². The molecule has 0 amide bonds. The number of ether oxygens (including phenoxy) is 1. The molecular weight excluding hydrogens is 288 g/mol. The van der Waals surface area contributed by atoms with Gasteiger partial charge in [0.15, 0.2) is 0 Å². The summed E-state index contributed by atoms with van der Waals surface area (Å²) < 4.78 is 32.9. The molecule has 0 aromatic heterocycles. The number of methoxy groups -OCH3 is 1. The fourth-order valence-corrected chi connectivity index (χ4v) is 2.80. The first-order chi connectivity index (χ1) is 9.94. The van der Waals surface area contributed by atoms with E-state index in [2.05, 4.69) is 9.63 Å². The number of hydrogen-bond donors (Lipinski definition) is 0. The van der Waals surface area contributed by atoms with E-state index in [1.807, 2.05) is 19.9 Å². The summed E-state index contributed by atoms with van der Waals surface area (Å²) in [6.07, 6.45) is 0. The number of aryl methyl sites for hydroxylation is 2. The SMILES string of the molecule is COc1c(C)cc(C)cc1N=NS(=O)(=O)c1ccccc1. The third-order valence-electron chi connectivity index (χ3n) is 2.90. The molecule has 0 spiro atoms. The van der Waals surface area contributed by atoms with E-state index >= 15 is 0 Å². The Morgan fingerprint density at radius 1 is 1.05 bits per heavy atom. The number of hydrogen-bond acceptors (Lipinski definition) is 4. The molecule has 21 heavy (non-hydrogen) atoms. The number of benzene rings is 2. The largest absolute Gasteiger partial charge is 0.494 e. The topological polar surface area (TPSA) is 68.1 Å². The van der Waals surface area contributed by atoms with Crippen LogP contribution in [0, 0.1) is 13.8 Å². The smallest absolute Gasteiger partial charge is 0.299 e. The molecule has 0 unspecified atom stereocenters. The second-order valence-corrected chi connectivity index (χ2v) is 6.19. The van der Waals surface area contributed by atoms with Gasteiger partial charge < -0.3 is 4.74 Å². The van der Waals surface area contributed by atoms with Crippen molar-refractivity contribution in [3.05, 3.63) is 53.6 Å². The van der Waals surface area contributed by atoms with Crippen LogP contribution in [-0.4, -0.2) is 15.5 Å². The van der Waals surface area contributed by atoms with Crippen molar-refractivity contribution >= 4 is 15.7 Å². The predicted molar refractivity (Wildman–Crippen MR) is 80.6 cm³/mol. The van der Waals surface area contributed by atoms with Crippen molar-refractivity contribution in [1.29, 1.82) is 0 Å². The molecule has 0 aliphatic rings. The third kappa shape index (κ3) is 3.46. The molecule has 0 radical (unpaired) electrons. The van der Waals surface area contributed by atoms with E-state index in [0.29, 0.717) is 11.4 Å². The van der Waals surface area contributed by atoms with Gasteiger partial charge >= 0.3 is 0 Å². The fourth-order valence-electron chi connectivity index (χ4n) is 2.01. The van der Waals surface area contributed by atoms with Crippen LogP contribution < -0.4 is 4.74 Å². The predicted octanol–water partition coefficient (Wildman–Crippen LogP) is 3.78. The molecule has 2 aromatic carbocycles. The van der Waals surface area contributed by atoms with Crippen LogP contribution in [0.15, 0.2) is 57.0 Å². The molecule has 0 fully saturated rings. The summed E-state index contributed by atoms with van der Waals surface area (Å²) in [5, 5.41) is 3.86. The second kappa shape index (κ2) is 6.05. The van der Waals surface area contributed by atoms with E-state index in [-0.39, 0.29) is 4.90 Å². The molecule has 0 aliphatic heterocycles. The molecule has 2 rings (SSSR count). The lowest BCUT2D eigenvalue weighted by Gasteiger charge is -2.08. The van der Waals surface area contributed by atoms with Crippen molar-refractivity contribution in [2.75, 3.05) is 7.11 Å². The molecule has 0 saturated heterocycles. The lowest BCUT2D eigenvalue weighted by Crippen LogP contribution is -1.95.